The van der Waals surface area contributed by atoms with Gasteiger partial charge in [0.05, 0.1) is 11.7 Å². The number of nitrogens with zero attached hydrogens (tertiary/aromatic N) is 2. The zero-order valence-corrected chi connectivity index (χ0v) is 12.7. The number of nitrogens with two attached hydrogens (primary N) is 2. The summed E-state index contributed by atoms with van der Waals surface area (Å²) in [6.07, 6.45) is 3.17. The van der Waals surface area contributed by atoms with Gasteiger partial charge in [-0.1, -0.05) is 36.4 Å². The molecule has 0 fully saturated rings. The summed E-state index contributed by atoms with van der Waals surface area (Å²) in [6.45, 7) is 1.77. The van der Waals surface area contributed by atoms with Crippen LogP contribution in [0.25, 0.3) is 0 Å². The fourth-order valence-corrected chi connectivity index (χ4v) is 3.71. The van der Waals surface area contributed by atoms with Gasteiger partial charge in [0.25, 0.3) is 0 Å². The van der Waals surface area contributed by atoms with Crippen molar-refractivity contribution in [1.82, 2.24) is 5.01 Å². The summed E-state index contributed by atoms with van der Waals surface area (Å²) in [5.74, 6) is 12.4. The maximum absolute atomic E-state index is 6.42. The number of aryl methyl sites for hydroxylation is 1. The fourth-order valence-electron chi connectivity index (χ4n) is 3.71. The van der Waals surface area contributed by atoms with E-state index in [1.165, 1.54) is 22.3 Å². The molecule has 0 aromatic heterocycles. The van der Waals surface area contributed by atoms with Crippen LogP contribution in [0.2, 0.25) is 0 Å². The Morgan fingerprint density at radius 2 is 1.77 bits per heavy atom. The van der Waals surface area contributed by atoms with Crippen molar-refractivity contribution in [2.24, 2.45) is 11.7 Å². The minimum Gasteiger partial charge on any atom is -0.303 e. The van der Waals surface area contributed by atoms with E-state index in [0.29, 0.717) is 0 Å². The zero-order chi connectivity index (χ0) is 15.1. The van der Waals surface area contributed by atoms with E-state index in [1.54, 1.807) is 0 Å². The van der Waals surface area contributed by atoms with Gasteiger partial charge in [0.15, 0.2) is 0 Å². The summed E-state index contributed by atoms with van der Waals surface area (Å²) < 4.78 is 0. The molecule has 1 unspecified atom stereocenters. The van der Waals surface area contributed by atoms with Gasteiger partial charge < -0.3 is 5.01 Å². The van der Waals surface area contributed by atoms with E-state index in [0.717, 1.165) is 38.0 Å². The summed E-state index contributed by atoms with van der Waals surface area (Å²) >= 11 is 0. The molecule has 2 aliphatic heterocycles. The van der Waals surface area contributed by atoms with Gasteiger partial charge >= 0.3 is 0 Å². The Morgan fingerprint density at radius 1 is 0.909 bits per heavy atom. The van der Waals surface area contributed by atoms with Crippen LogP contribution in [0.3, 0.4) is 0 Å². The van der Waals surface area contributed by atoms with Crippen LogP contribution in [0.15, 0.2) is 42.5 Å². The average Bonchev–Trinajstić information content (AvgIpc) is 2.55. The lowest BCUT2D eigenvalue weighted by Crippen LogP contribution is -2.39. The van der Waals surface area contributed by atoms with Gasteiger partial charge in [-0.15, -0.1) is 0 Å². The number of rotatable bonds is 1. The van der Waals surface area contributed by atoms with Crippen LogP contribution in [0, 0.1) is 0 Å². The Kier molecular flexibility index (Phi) is 3.37. The third kappa shape index (κ3) is 2.29. The van der Waals surface area contributed by atoms with Gasteiger partial charge in [0.1, 0.15) is 0 Å². The smallest absolute Gasteiger partial charge is 0.0705 e. The first-order valence-electron chi connectivity index (χ1n) is 7.95. The van der Waals surface area contributed by atoms with Gasteiger partial charge in [0, 0.05) is 13.1 Å². The molecule has 0 aliphatic carbocycles. The first-order valence-corrected chi connectivity index (χ1v) is 7.95. The number of para-hydroxylation sites is 1. The molecular formula is C18H22N4. The molecule has 22 heavy (non-hydrogen) atoms. The molecule has 2 heterocycles. The molecule has 0 radical (unpaired) electrons. The topological polar surface area (TPSA) is 58.5 Å². The minimum absolute atomic E-state index is 0.244. The van der Waals surface area contributed by atoms with E-state index >= 15 is 0 Å². The molecule has 114 valence electrons. The Balaban J connectivity index is 1.67. The molecule has 1 atom stereocenters. The van der Waals surface area contributed by atoms with E-state index in [1.807, 2.05) is 10.0 Å². The summed E-state index contributed by atoms with van der Waals surface area (Å²) in [4.78, 5) is 0. The number of fused-ring (bicyclic) bond motifs is 2. The second-order valence-electron chi connectivity index (χ2n) is 6.34. The van der Waals surface area contributed by atoms with Crippen LogP contribution >= 0.6 is 0 Å². The SMILES string of the molecule is NN1CCc2ccc(C3CCc4ccccc4N3N)cc2C1. The van der Waals surface area contributed by atoms with Crippen molar-refractivity contribution in [1.29, 1.82) is 0 Å². The summed E-state index contributed by atoms with van der Waals surface area (Å²) in [7, 11) is 0. The van der Waals surface area contributed by atoms with E-state index in [2.05, 4.69) is 42.5 Å². The molecule has 0 amide bonds. The van der Waals surface area contributed by atoms with Crippen molar-refractivity contribution in [3.63, 3.8) is 0 Å². The van der Waals surface area contributed by atoms with E-state index in [-0.39, 0.29) is 6.04 Å². The predicted octanol–water partition coefficient (Wildman–Crippen LogP) is 2.29. The maximum atomic E-state index is 6.42. The number of benzene rings is 2. The van der Waals surface area contributed by atoms with Crippen molar-refractivity contribution >= 4 is 5.69 Å². The van der Waals surface area contributed by atoms with Gasteiger partial charge in [-0.05, 0) is 47.6 Å². The minimum atomic E-state index is 0.244. The predicted molar refractivity (Wildman–Crippen MR) is 88.9 cm³/mol. The fraction of sp³-hybridized carbons (Fsp3) is 0.333. The molecule has 0 spiro atoms. The van der Waals surface area contributed by atoms with Crippen LogP contribution in [-0.4, -0.2) is 11.6 Å². The number of anilines is 1. The van der Waals surface area contributed by atoms with Crippen molar-refractivity contribution in [2.45, 2.75) is 31.8 Å². The first kappa shape index (κ1) is 13.8. The maximum Gasteiger partial charge on any atom is 0.0705 e. The molecule has 4 rings (SSSR count). The Morgan fingerprint density at radius 3 is 2.68 bits per heavy atom. The summed E-state index contributed by atoms with van der Waals surface area (Å²) in [5, 5.41) is 3.83. The molecule has 4 heteroatoms. The van der Waals surface area contributed by atoms with Crippen molar-refractivity contribution in [2.75, 3.05) is 11.6 Å². The molecule has 0 bridgehead atoms. The number of hydrogen-bond donors (Lipinski definition) is 2. The van der Waals surface area contributed by atoms with Gasteiger partial charge in [-0.3, -0.25) is 5.84 Å². The molecule has 4 nitrogen and oxygen atoms in total. The normalized spacial score (nSPS) is 21.4. The standard InChI is InChI=1S/C18H22N4/c19-21-10-9-13-5-6-15(11-16(13)12-21)18-8-7-14-3-1-2-4-17(14)22(18)20/h1-6,11,18H,7-10,12,19-20H2. The van der Waals surface area contributed by atoms with E-state index < -0.39 is 0 Å². The molecule has 2 aromatic rings. The van der Waals surface area contributed by atoms with Crippen molar-refractivity contribution in [3.05, 3.63) is 64.7 Å². The third-order valence-electron chi connectivity index (χ3n) is 4.95. The van der Waals surface area contributed by atoms with Crippen LogP contribution in [0.5, 0.6) is 0 Å². The highest BCUT2D eigenvalue weighted by Gasteiger charge is 2.26. The molecule has 2 aromatic carbocycles. The number of hydrogen-bond acceptors (Lipinski definition) is 4. The van der Waals surface area contributed by atoms with E-state index in [9.17, 15) is 0 Å². The van der Waals surface area contributed by atoms with Gasteiger partial charge in [-0.25, -0.2) is 10.9 Å². The van der Waals surface area contributed by atoms with Crippen LogP contribution < -0.4 is 16.7 Å². The van der Waals surface area contributed by atoms with Gasteiger partial charge in [-0.2, -0.15) is 0 Å². The highest BCUT2D eigenvalue weighted by molar-refractivity contribution is 5.56. The molecule has 0 saturated carbocycles. The summed E-state index contributed by atoms with van der Waals surface area (Å²) in [6, 6.07) is 15.5. The highest BCUT2D eigenvalue weighted by atomic mass is 15.4. The van der Waals surface area contributed by atoms with Gasteiger partial charge in [0.2, 0.25) is 0 Å². The Bertz CT molecular complexity index is 697. The lowest BCUT2D eigenvalue weighted by Gasteiger charge is -2.36. The highest BCUT2D eigenvalue weighted by Crippen LogP contribution is 2.36. The lowest BCUT2D eigenvalue weighted by molar-refractivity contribution is 0.262. The first-order chi connectivity index (χ1) is 10.7. The van der Waals surface area contributed by atoms with Crippen LogP contribution in [0.1, 0.15) is 34.7 Å². The second kappa shape index (κ2) is 5.39. The monoisotopic (exact) mass is 294 g/mol. The molecular weight excluding hydrogens is 272 g/mol. The summed E-state index contributed by atoms with van der Waals surface area (Å²) in [5.41, 5.74) is 6.55. The second-order valence-corrected chi connectivity index (χ2v) is 6.34. The molecule has 0 saturated heterocycles. The van der Waals surface area contributed by atoms with Crippen LogP contribution in [-0.2, 0) is 19.4 Å². The molecule has 2 aliphatic rings. The van der Waals surface area contributed by atoms with E-state index in [4.69, 9.17) is 11.7 Å². The quantitative estimate of drug-likeness (QED) is 0.792. The van der Waals surface area contributed by atoms with Crippen molar-refractivity contribution < 1.29 is 0 Å². The third-order valence-corrected chi connectivity index (χ3v) is 4.95. The largest absolute Gasteiger partial charge is 0.303 e. The van der Waals surface area contributed by atoms with Crippen molar-refractivity contribution in [3.8, 4) is 0 Å². The molecule has 4 N–H and O–H groups in total. The Hall–Kier alpha value is -1.88. The Labute approximate surface area is 131 Å². The average molecular weight is 294 g/mol. The zero-order valence-electron chi connectivity index (χ0n) is 12.7. The van der Waals surface area contributed by atoms with Crippen LogP contribution in [0.4, 0.5) is 5.69 Å². The number of hydrazine groups is 2. The lowest BCUT2D eigenvalue weighted by atomic mass is 9.89.